The molecule has 0 spiro atoms. The van der Waals surface area contributed by atoms with E-state index in [1.807, 2.05) is 25.1 Å². The van der Waals surface area contributed by atoms with Crippen LogP contribution in [0, 0.1) is 0 Å². The minimum atomic E-state index is 0.396. The van der Waals surface area contributed by atoms with Crippen LogP contribution in [-0.2, 0) is 11.3 Å². The van der Waals surface area contributed by atoms with Crippen molar-refractivity contribution in [1.29, 1.82) is 0 Å². The third-order valence-corrected chi connectivity index (χ3v) is 3.95. The molecule has 5 heteroatoms. The number of aliphatic imine (C=N–C) groups is 1. The van der Waals surface area contributed by atoms with E-state index < -0.39 is 0 Å². The lowest BCUT2D eigenvalue weighted by Gasteiger charge is -2.27. The smallest absolute Gasteiger partial charge is 0.191 e. The fourth-order valence-corrected chi connectivity index (χ4v) is 2.36. The predicted molar refractivity (Wildman–Crippen MR) is 94.0 cm³/mol. The summed E-state index contributed by atoms with van der Waals surface area (Å²) in [5, 5.41) is 6.64. The van der Waals surface area contributed by atoms with E-state index in [0.29, 0.717) is 12.6 Å². The molecule has 2 rings (SSSR count). The summed E-state index contributed by atoms with van der Waals surface area (Å²) in [7, 11) is 1.79. The molecule has 128 valence electrons. The summed E-state index contributed by atoms with van der Waals surface area (Å²) in [5.41, 5.74) is 1.16. The Kier molecular flexibility index (Phi) is 7.73. The fraction of sp³-hybridized carbons (Fsp3) is 0.611. The third kappa shape index (κ3) is 6.10. The molecular formula is C18H29N3O2. The minimum Gasteiger partial charge on any atom is -0.490 e. The predicted octanol–water partition coefficient (Wildman–Crippen LogP) is 2.71. The molecule has 1 aliphatic carbocycles. The normalized spacial score (nSPS) is 15.1. The first-order chi connectivity index (χ1) is 11.3. The molecule has 0 unspecified atom stereocenters. The van der Waals surface area contributed by atoms with Gasteiger partial charge in [-0.15, -0.1) is 0 Å². The highest BCUT2D eigenvalue weighted by Crippen LogP contribution is 2.27. The molecule has 23 heavy (non-hydrogen) atoms. The van der Waals surface area contributed by atoms with Crippen molar-refractivity contribution in [2.24, 2.45) is 4.99 Å². The van der Waals surface area contributed by atoms with Gasteiger partial charge in [0, 0.05) is 38.9 Å². The summed E-state index contributed by atoms with van der Waals surface area (Å²) in [6, 6.07) is 8.22. The van der Waals surface area contributed by atoms with Crippen LogP contribution in [0.1, 0.15) is 38.2 Å². The minimum absolute atomic E-state index is 0.396. The Morgan fingerprint density at radius 1 is 1.26 bits per heavy atom. The quantitative estimate of drug-likeness (QED) is 0.417. The Hall–Kier alpha value is -1.75. The average molecular weight is 319 g/mol. The Morgan fingerprint density at radius 3 is 2.78 bits per heavy atom. The number of rotatable bonds is 9. The van der Waals surface area contributed by atoms with Gasteiger partial charge in [0.1, 0.15) is 5.75 Å². The van der Waals surface area contributed by atoms with E-state index in [1.165, 1.54) is 19.3 Å². The van der Waals surface area contributed by atoms with E-state index in [4.69, 9.17) is 9.47 Å². The summed E-state index contributed by atoms with van der Waals surface area (Å²) in [6.07, 6.45) is 4.99. The van der Waals surface area contributed by atoms with Gasteiger partial charge in [0.15, 0.2) is 5.96 Å². The second kappa shape index (κ2) is 10.1. The fourth-order valence-electron chi connectivity index (χ4n) is 2.36. The van der Waals surface area contributed by atoms with Crippen LogP contribution in [0.3, 0.4) is 0 Å². The van der Waals surface area contributed by atoms with Gasteiger partial charge in [0.2, 0.25) is 0 Å². The van der Waals surface area contributed by atoms with Gasteiger partial charge in [-0.2, -0.15) is 0 Å². The van der Waals surface area contributed by atoms with Crippen molar-refractivity contribution < 1.29 is 9.47 Å². The second-order valence-electron chi connectivity index (χ2n) is 5.68. The first-order valence-corrected chi connectivity index (χ1v) is 8.60. The SMILES string of the molecule is CCOCCCNC(=NC)NCc1ccccc1OC1CCC1. The lowest BCUT2D eigenvalue weighted by Crippen LogP contribution is -2.37. The van der Waals surface area contributed by atoms with Gasteiger partial charge in [-0.05, 0) is 38.7 Å². The van der Waals surface area contributed by atoms with Crippen LogP contribution in [-0.4, -0.2) is 38.9 Å². The standard InChI is InChI=1S/C18H29N3O2/c1-3-22-13-7-12-20-18(19-2)21-14-15-8-4-5-11-17(15)23-16-9-6-10-16/h4-5,8,11,16H,3,6-7,9-10,12-14H2,1-2H3,(H2,19,20,21). The van der Waals surface area contributed by atoms with Crippen molar-refractivity contribution in [3.63, 3.8) is 0 Å². The molecule has 1 aliphatic rings. The van der Waals surface area contributed by atoms with Gasteiger partial charge in [-0.1, -0.05) is 18.2 Å². The molecule has 0 bridgehead atoms. The average Bonchev–Trinajstić information content (AvgIpc) is 2.54. The van der Waals surface area contributed by atoms with Crippen LogP contribution in [0.5, 0.6) is 5.75 Å². The largest absolute Gasteiger partial charge is 0.490 e. The number of benzene rings is 1. The van der Waals surface area contributed by atoms with E-state index in [1.54, 1.807) is 7.05 Å². The Morgan fingerprint density at radius 2 is 2.09 bits per heavy atom. The van der Waals surface area contributed by atoms with Crippen molar-refractivity contribution >= 4 is 5.96 Å². The summed E-state index contributed by atoms with van der Waals surface area (Å²) in [5.74, 6) is 1.79. The zero-order valence-electron chi connectivity index (χ0n) is 14.3. The Bertz CT molecular complexity index is 487. The maximum absolute atomic E-state index is 6.06. The molecule has 0 aromatic heterocycles. The molecule has 0 saturated heterocycles. The number of guanidine groups is 1. The number of nitrogens with one attached hydrogen (secondary N) is 2. The van der Waals surface area contributed by atoms with Crippen molar-refractivity contribution in [2.45, 2.75) is 45.3 Å². The summed E-state index contributed by atoms with van der Waals surface area (Å²) in [6.45, 7) is 5.11. The third-order valence-electron chi connectivity index (χ3n) is 3.95. The molecule has 0 amide bonds. The van der Waals surface area contributed by atoms with Crippen molar-refractivity contribution in [2.75, 3.05) is 26.8 Å². The molecule has 0 atom stereocenters. The van der Waals surface area contributed by atoms with Gasteiger partial charge in [0.05, 0.1) is 6.10 Å². The monoisotopic (exact) mass is 319 g/mol. The zero-order chi connectivity index (χ0) is 16.3. The molecule has 0 aliphatic heterocycles. The molecule has 1 fully saturated rings. The van der Waals surface area contributed by atoms with Crippen molar-refractivity contribution in [1.82, 2.24) is 10.6 Å². The molecule has 0 radical (unpaired) electrons. The molecule has 2 N–H and O–H groups in total. The lowest BCUT2D eigenvalue weighted by atomic mass is 9.96. The molecular weight excluding hydrogens is 290 g/mol. The van der Waals surface area contributed by atoms with Gasteiger partial charge in [0.25, 0.3) is 0 Å². The first kappa shape index (κ1) is 17.6. The molecule has 5 nitrogen and oxygen atoms in total. The highest BCUT2D eigenvalue weighted by Gasteiger charge is 2.20. The number of ether oxygens (including phenoxy) is 2. The van der Waals surface area contributed by atoms with Crippen LogP contribution < -0.4 is 15.4 Å². The Balaban J connectivity index is 1.77. The highest BCUT2D eigenvalue weighted by atomic mass is 16.5. The van der Waals surface area contributed by atoms with Gasteiger partial charge < -0.3 is 20.1 Å². The van der Waals surface area contributed by atoms with E-state index in [2.05, 4.69) is 21.7 Å². The molecule has 1 aromatic rings. The van der Waals surface area contributed by atoms with Crippen LogP contribution >= 0.6 is 0 Å². The van der Waals surface area contributed by atoms with Gasteiger partial charge in [-0.3, -0.25) is 4.99 Å². The second-order valence-corrected chi connectivity index (χ2v) is 5.68. The van der Waals surface area contributed by atoms with Gasteiger partial charge in [-0.25, -0.2) is 0 Å². The zero-order valence-corrected chi connectivity index (χ0v) is 14.3. The summed E-state index contributed by atoms with van der Waals surface area (Å²) < 4.78 is 11.4. The van der Waals surface area contributed by atoms with Gasteiger partial charge >= 0.3 is 0 Å². The number of nitrogens with zero attached hydrogens (tertiary/aromatic N) is 1. The van der Waals surface area contributed by atoms with Crippen LogP contribution in [0.2, 0.25) is 0 Å². The summed E-state index contributed by atoms with van der Waals surface area (Å²) >= 11 is 0. The highest BCUT2D eigenvalue weighted by molar-refractivity contribution is 5.79. The van der Waals surface area contributed by atoms with E-state index in [0.717, 1.165) is 43.5 Å². The number of hydrogen-bond acceptors (Lipinski definition) is 3. The molecule has 1 aromatic carbocycles. The van der Waals surface area contributed by atoms with E-state index in [-0.39, 0.29) is 0 Å². The topological polar surface area (TPSA) is 54.9 Å². The number of hydrogen-bond donors (Lipinski definition) is 2. The van der Waals surface area contributed by atoms with Crippen molar-refractivity contribution in [3.05, 3.63) is 29.8 Å². The maximum Gasteiger partial charge on any atom is 0.191 e. The first-order valence-electron chi connectivity index (χ1n) is 8.60. The lowest BCUT2D eigenvalue weighted by molar-refractivity contribution is 0.119. The molecule has 1 saturated carbocycles. The van der Waals surface area contributed by atoms with Crippen LogP contribution in [0.4, 0.5) is 0 Å². The summed E-state index contributed by atoms with van der Waals surface area (Å²) in [4.78, 5) is 4.25. The van der Waals surface area contributed by atoms with Crippen LogP contribution in [0.25, 0.3) is 0 Å². The molecule has 0 heterocycles. The van der Waals surface area contributed by atoms with Crippen LogP contribution in [0.15, 0.2) is 29.3 Å². The maximum atomic E-state index is 6.06. The van der Waals surface area contributed by atoms with E-state index in [9.17, 15) is 0 Å². The van der Waals surface area contributed by atoms with Crippen molar-refractivity contribution in [3.8, 4) is 5.75 Å². The van der Waals surface area contributed by atoms with E-state index >= 15 is 0 Å². The number of para-hydroxylation sites is 1. The Labute approximate surface area is 139 Å².